The number of hydrogen-bond donors (Lipinski definition) is 0. The van der Waals surface area contributed by atoms with Crippen LogP contribution in [0.3, 0.4) is 0 Å². The molecule has 0 radical (unpaired) electrons. The van der Waals surface area contributed by atoms with Gasteiger partial charge in [-0.1, -0.05) is 42.5 Å². The maximum absolute atomic E-state index is 6.67. The molecule has 0 bridgehead atoms. The molecule has 3 rings (SSSR count). The topological polar surface area (TPSA) is 9.23 Å². The summed E-state index contributed by atoms with van der Waals surface area (Å²) in [5.41, 5.74) is 2.76. The van der Waals surface area contributed by atoms with E-state index in [0.717, 1.165) is 31.6 Å². The lowest BCUT2D eigenvalue weighted by molar-refractivity contribution is 0.284. The molecule has 0 fully saturated rings. The molecule has 21 heavy (non-hydrogen) atoms. The van der Waals surface area contributed by atoms with Crippen LogP contribution in [-0.2, 0) is 6.42 Å². The van der Waals surface area contributed by atoms with Gasteiger partial charge in [0.1, 0.15) is 5.75 Å². The van der Waals surface area contributed by atoms with Crippen LogP contribution < -0.4 is 4.74 Å². The van der Waals surface area contributed by atoms with E-state index < -0.39 is 0 Å². The third kappa shape index (κ3) is 3.59. The lowest BCUT2D eigenvalue weighted by Gasteiger charge is -2.29. The van der Waals surface area contributed by atoms with Gasteiger partial charge < -0.3 is 4.74 Å². The maximum Gasteiger partial charge on any atom is 0.119 e. The summed E-state index contributed by atoms with van der Waals surface area (Å²) < 4.78 is 5.76. The van der Waals surface area contributed by atoms with E-state index >= 15 is 0 Å². The number of benzene rings is 2. The van der Waals surface area contributed by atoms with Gasteiger partial charge in [-0.25, -0.2) is 0 Å². The van der Waals surface area contributed by atoms with E-state index in [1.54, 1.807) is 0 Å². The van der Waals surface area contributed by atoms with Crippen LogP contribution in [0.5, 0.6) is 5.75 Å². The molecular weight excluding hydrogens is 280 g/mol. The zero-order valence-corrected chi connectivity index (χ0v) is 12.9. The van der Waals surface area contributed by atoms with E-state index in [1.165, 1.54) is 17.5 Å². The van der Waals surface area contributed by atoms with Gasteiger partial charge in [-0.3, -0.25) is 0 Å². The first kappa shape index (κ1) is 14.5. The largest absolute Gasteiger partial charge is 0.494 e. The summed E-state index contributed by atoms with van der Waals surface area (Å²) >= 11 is 6.67. The van der Waals surface area contributed by atoms with Crippen molar-refractivity contribution in [1.82, 2.24) is 0 Å². The number of halogens is 1. The van der Waals surface area contributed by atoms with Crippen LogP contribution >= 0.6 is 11.6 Å². The molecular formula is C19H21ClO. The van der Waals surface area contributed by atoms with Crippen LogP contribution in [0, 0.1) is 5.92 Å². The number of fused-ring (bicyclic) bond motifs is 1. The molecule has 1 aliphatic carbocycles. The summed E-state index contributed by atoms with van der Waals surface area (Å²) in [4.78, 5) is 0. The predicted octanol–water partition coefficient (Wildman–Crippen LogP) is 5.39. The molecule has 0 saturated carbocycles. The summed E-state index contributed by atoms with van der Waals surface area (Å²) in [5, 5.41) is 0.159. The van der Waals surface area contributed by atoms with E-state index in [0.29, 0.717) is 5.92 Å². The molecule has 0 heterocycles. The predicted molar refractivity (Wildman–Crippen MR) is 88.0 cm³/mol. The molecule has 2 heteroatoms. The summed E-state index contributed by atoms with van der Waals surface area (Å²) in [6, 6.07) is 18.6. The van der Waals surface area contributed by atoms with Crippen molar-refractivity contribution in [3.63, 3.8) is 0 Å². The highest BCUT2D eigenvalue weighted by atomic mass is 35.5. The van der Waals surface area contributed by atoms with Crippen LogP contribution in [0.1, 0.15) is 35.8 Å². The van der Waals surface area contributed by atoms with Crippen molar-refractivity contribution in [2.45, 2.75) is 31.1 Å². The van der Waals surface area contributed by atoms with Crippen molar-refractivity contribution < 1.29 is 4.74 Å². The lowest BCUT2D eigenvalue weighted by Crippen LogP contribution is -2.17. The number of hydrogen-bond acceptors (Lipinski definition) is 1. The molecule has 0 saturated heterocycles. The highest BCUT2D eigenvalue weighted by Crippen LogP contribution is 2.41. The zero-order chi connectivity index (χ0) is 14.5. The Morgan fingerprint density at radius 1 is 1.00 bits per heavy atom. The van der Waals surface area contributed by atoms with Crippen molar-refractivity contribution in [3.8, 4) is 5.75 Å². The summed E-state index contributed by atoms with van der Waals surface area (Å²) in [5.74, 6) is 1.52. The van der Waals surface area contributed by atoms with E-state index in [1.807, 2.05) is 30.3 Å². The molecule has 2 unspecified atom stereocenters. The first-order chi connectivity index (χ1) is 10.3. The van der Waals surface area contributed by atoms with Crippen LogP contribution in [0.2, 0.25) is 0 Å². The number of aryl methyl sites for hydroxylation is 1. The Kier molecular flexibility index (Phi) is 4.82. The Morgan fingerprint density at radius 3 is 2.62 bits per heavy atom. The van der Waals surface area contributed by atoms with Crippen LogP contribution in [0.15, 0.2) is 54.6 Å². The molecule has 2 aromatic carbocycles. The molecule has 2 atom stereocenters. The summed E-state index contributed by atoms with van der Waals surface area (Å²) in [6.45, 7) is 0.770. The average Bonchev–Trinajstić information content (AvgIpc) is 2.55. The van der Waals surface area contributed by atoms with Gasteiger partial charge in [0.25, 0.3) is 0 Å². The molecule has 0 aliphatic heterocycles. The SMILES string of the molecule is ClC1c2ccccc2CCC1CCCOc1ccccc1. The fraction of sp³-hybridized carbons (Fsp3) is 0.368. The Hall–Kier alpha value is -1.47. The first-order valence-corrected chi connectivity index (χ1v) is 8.18. The molecule has 1 aliphatic rings. The van der Waals surface area contributed by atoms with Crippen LogP contribution in [-0.4, -0.2) is 6.61 Å². The van der Waals surface area contributed by atoms with E-state index in [9.17, 15) is 0 Å². The number of alkyl halides is 1. The maximum atomic E-state index is 6.67. The molecule has 0 N–H and O–H groups in total. The van der Waals surface area contributed by atoms with Gasteiger partial charge in [0.05, 0.1) is 12.0 Å². The zero-order valence-electron chi connectivity index (χ0n) is 12.2. The van der Waals surface area contributed by atoms with Gasteiger partial charge >= 0.3 is 0 Å². The third-order valence-electron chi connectivity index (χ3n) is 4.28. The first-order valence-electron chi connectivity index (χ1n) is 7.74. The molecule has 0 amide bonds. The Morgan fingerprint density at radius 2 is 1.76 bits per heavy atom. The van der Waals surface area contributed by atoms with E-state index in [2.05, 4.69) is 24.3 Å². The van der Waals surface area contributed by atoms with Gasteiger partial charge in [-0.15, -0.1) is 11.6 Å². The molecule has 1 nitrogen and oxygen atoms in total. The second-order valence-corrected chi connectivity index (χ2v) is 6.17. The van der Waals surface area contributed by atoms with Gasteiger partial charge in [0.2, 0.25) is 0 Å². The van der Waals surface area contributed by atoms with Gasteiger partial charge in [0.15, 0.2) is 0 Å². The molecule has 110 valence electrons. The van der Waals surface area contributed by atoms with Crippen molar-refractivity contribution in [3.05, 3.63) is 65.7 Å². The second-order valence-electron chi connectivity index (χ2n) is 5.70. The highest BCUT2D eigenvalue weighted by Gasteiger charge is 2.27. The minimum Gasteiger partial charge on any atom is -0.494 e. The molecule has 2 aromatic rings. The van der Waals surface area contributed by atoms with Crippen molar-refractivity contribution >= 4 is 11.6 Å². The average molecular weight is 301 g/mol. The fourth-order valence-corrected chi connectivity index (χ4v) is 3.58. The summed E-state index contributed by atoms with van der Waals surface area (Å²) in [6.07, 6.45) is 4.54. The Labute approximate surface area is 131 Å². The van der Waals surface area contributed by atoms with Gasteiger partial charge in [-0.2, -0.15) is 0 Å². The standard InChI is InChI=1S/C19H21ClO/c20-19-16(13-12-15-7-4-5-11-18(15)19)8-6-14-21-17-9-2-1-3-10-17/h1-5,7,9-11,16,19H,6,8,12-14H2. The number of ether oxygens (including phenoxy) is 1. The Balaban J connectivity index is 1.48. The van der Waals surface area contributed by atoms with Crippen molar-refractivity contribution in [2.24, 2.45) is 5.92 Å². The number of rotatable bonds is 5. The monoisotopic (exact) mass is 300 g/mol. The van der Waals surface area contributed by atoms with Crippen LogP contribution in [0.25, 0.3) is 0 Å². The van der Waals surface area contributed by atoms with Gasteiger partial charge in [-0.05, 0) is 54.9 Å². The van der Waals surface area contributed by atoms with Gasteiger partial charge in [0, 0.05) is 0 Å². The van der Waals surface area contributed by atoms with Crippen LogP contribution in [0.4, 0.5) is 0 Å². The molecule has 0 spiro atoms. The second kappa shape index (κ2) is 7.00. The van der Waals surface area contributed by atoms with E-state index in [4.69, 9.17) is 16.3 Å². The normalized spacial score (nSPS) is 20.8. The minimum atomic E-state index is 0.159. The summed E-state index contributed by atoms with van der Waals surface area (Å²) in [7, 11) is 0. The molecule has 0 aromatic heterocycles. The smallest absolute Gasteiger partial charge is 0.119 e. The number of para-hydroxylation sites is 1. The highest BCUT2D eigenvalue weighted by molar-refractivity contribution is 6.21. The Bertz CT molecular complexity index is 567. The minimum absolute atomic E-state index is 0.159. The van der Waals surface area contributed by atoms with Crippen molar-refractivity contribution in [2.75, 3.05) is 6.61 Å². The third-order valence-corrected chi connectivity index (χ3v) is 4.87. The lowest BCUT2D eigenvalue weighted by atomic mass is 9.81. The quantitative estimate of drug-likeness (QED) is 0.531. The fourth-order valence-electron chi connectivity index (χ4n) is 3.11. The van der Waals surface area contributed by atoms with E-state index in [-0.39, 0.29) is 5.38 Å². The van der Waals surface area contributed by atoms with Crippen molar-refractivity contribution in [1.29, 1.82) is 0 Å².